The summed E-state index contributed by atoms with van der Waals surface area (Å²) >= 11 is 12.1. The van der Waals surface area contributed by atoms with Crippen LogP contribution in [-0.2, 0) is 19.1 Å². The highest BCUT2D eigenvalue weighted by molar-refractivity contribution is 6.33. The number of aromatic nitrogens is 2. The van der Waals surface area contributed by atoms with Gasteiger partial charge in [0.25, 0.3) is 5.91 Å². The van der Waals surface area contributed by atoms with Crippen molar-refractivity contribution in [3.05, 3.63) is 45.8 Å². The molecule has 1 aromatic heterocycles. The third kappa shape index (κ3) is 5.14. The first-order valence-corrected chi connectivity index (χ1v) is 10.2. The van der Waals surface area contributed by atoms with Crippen molar-refractivity contribution in [3.8, 4) is 11.3 Å². The summed E-state index contributed by atoms with van der Waals surface area (Å²) in [4.78, 5) is 46.8. The molecule has 1 aromatic carbocycles. The molecule has 3 rings (SSSR count). The number of fused-ring (bicyclic) bond motifs is 1. The molecule has 2 aromatic rings. The summed E-state index contributed by atoms with van der Waals surface area (Å²) in [5.41, 5.74) is 1.14. The Morgan fingerprint density at radius 1 is 1.19 bits per heavy atom. The number of ether oxygens (including phenoxy) is 2. The van der Waals surface area contributed by atoms with Gasteiger partial charge in [-0.3, -0.25) is 14.4 Å². The van der Waals surface area contributed by atoms with Gasteiger partial charge < -0.3 is 14.4 Å². The fraction of sp³-hybridized carbons (Fsp3) is 0.381. The van der Waals surface area contributed by atoms with Crippen LogP contribution in [0.25, 0.3) is 11.3 Å². The van der Waals surface area contributed by atoms with E-state index in [9.17, 15) is 14.4 Å². The second kappa shape index (κ2) is 8.80. The fourth-order valence-electron chi connectivity index (χ4n) is 3.35. The second-order valence-corrected chi connectivity index (χ2v) is 8.70. The minimum absolute atomic E-state index is 0.0151. The van der Waals surface area contributed by atoms with Crippen LogP contribution in [0.15, 0.2) is 24.4 Å². The van der Waals surface area contributed by atoms with Crippen molar-refractivity contribution < 1.29 is 23.9 Å². The van der Waals surface area contributed by atoms with Gasteiger partial charge in [-0.15, -0.1) is 0 Å². The summed E-state index contributed by atoms with van der Waals surface area (Å²) in [6, 6.07) is 4.37. The molecule has 31 heavy (non-hydrogen) atoms. The highest BCUT2D eigenvalue weighted by Crippen LogP contribution is 2.39. The number of carbonyl (C=O) groups excluding carboxylic acids is 3. The Hall–Kier alpha value is -2.71. The predicted molar refractivity (Wildman–Crippen MR) is 114 cm³/mol. The number of rotatable bonds is 5. The predicted octanol–water partition coefficient (Wildman–Crippen LogP) is 3.85. The normalized spacial score (nSPS) is 15.6. The molecule has 1 aliphatic rings. The van der Waals surface area contributed by atoms with E-state index in [1.807, 2.05) is 0 Å². The first kappa shape index (κ1) is 23.0. The lowest BCUT2D eigenvalue weighted by Crippen LogP contribution is -2.37. The Kier molecular flexibility index (Phi) is 6.52. The number of nitrogens with zero attached hydrogens (tertiary/aromatic N) is 3. The topological polar surface area (TPSA) is 98.7 Å². The number of benzene rings is 1. The Balaban J connectivity index is 1.99. The smallest absolute Gasteiger partial charge is 0.326 e. The summed E-state index contributed by atoms with van der Waals surface area (Å²) < 4.78 is 10.1. The molecule has 2 heterocycles. The minimum atomic E-state index is -0.708. The van der Waals surface area contributed by atoms with E-state index in [0.717, 1.165) is 0 Å². The molecular formula is C21H21Cl2N3O5. The van der Waals surface area contributed by atoms with Crippen molar-refractivity contribution >= 4 is 41.0 Å². The Bertz CT molecular complexity index is 1050. The zero-order valence-electron chi connectivity index (χ0n) is 17.4. The lowest BCUT2D eigenvalue weighted by Gasteiger charge is -2.26. The summed E-state index contributed by atoms with van der Waals surface area (Å²) in [6.07, 6.45) is 1.27. The van der Waals surface area contributed by atoms with Gasteiger partial charge in [0.1, 0.15) is 12.1 Å². The Morgan fingerprint density at radius 3 is 2.55 bits per heavy atom. The van der Waals surface area contributed by atoms with Gasteiger partial charge in [-0.25, -0.2) is 9.97 Å². The zero-order chi connectivity index (χ0) is 22.9. The maximum absolute atomic E-state index is 13.2. The highest BCUT2D eigenvalue weighted by atomic mass is 35.5. The van der Waals surface area contributed by atoms with Gasteiger partial charge in [-0.2, -0.15) is 0 Å². The molecule has 0 bridgehead atoms. The number of halogens is 2. The monoisotopic (exact) mass is 465 g/mol. The molecule has 0 fully saturated rings. The van der Waals surface area contributed by atoms with E-state index >= 15 is 0 Å². The van der Waals surface area contributed by atoms with E-state index in [2.05, 4.69) is 9.97 Å². The van der Waals surface area contributed by atoms with Crippen molar-refractivity contribution in [1.82, 2.24) is 14.9 Å². The molecule has 1 unspecified atom stereocenters. The number of amides is 1. The lowest BCUT2D eigenvalue weighted by molar-refractivity contribution is -0.156. The van der Waals surface area contributed by atoms with Crippen molar-refractivity contribution in [2.24, 2.45) is 0 Å². The standard InChI is InChI=1S/C21H21Cl2N3O5/c1-21(2,3)31-17(28)10-26-15(8-16(27)30-4)12-6-5-11(7-13(12)19(26)29)18-14(22)9-24-20(23)25-18/h5-7,9,15H,8,10H2,1-4H3. The van der Waals surface area contributed by atoms with Gasteiger partial charge in [0, 0.05) is 11.1 Å². The van der Waals surface area contributed by atoms with Crippen LogP contribution in [0.2, 0.25) is 10.3 Å². The largest absolute Gasteiger partial charge is 0.469 e. The van der Waals surface area contributed by atoms with Crippen LogP contribution in [0.5, 0.6) is 0 Å². The quantitative estimate of drug-likeness (QED) is 0.488. The van der Waals surface area contributed by atoms with Crippen LogP contribution in [0, 0.1) is 0 Å². The molecule has 1 amide bonds. The molecule has 0 saturated carbocycles. The van der Waals surface area contributed by atoms with Crippen LogP contribution < -0.4 is 0 Å². The van der Waals surface area contributed by atoms with Gasteiger partial charge in [0.05, 0.1) is 36.5 Å². The van der Waals surface area contributed by atoms with E-state index in [-0.39, 0.29) is 23.3 Å². The van der Waals surface area contributed by atoms with Crippen molar-refractivity contribution in [2.75, 3.05) is 13.7 Å². The van der Waals surface area contributed by atoms with E-state index in [0.29, 0.717) is 22.4 Å². The molecule has 0 saturated heterocycles. The zero-order valence-corrected chi connectivity index (χ0v) is 19.0. The van der Waals surface area contributed by atoms with Gasteiger partial charge in [-0.05, 0) is 44.0 Å². The average molecular weight is 466 g/mol. The number of carbonyl (C=O) groups is 3. The SMILES string of the molecule is COC(=O)CC1c2ccc(-c3nc(Cl)ncc3Cl)cc2C(=O)N1CC(=O)OC(C)(C)C. The van der Waals surface area contributed by atoms with Gasteiger partial charge in [-0.1, -0.05) is 23.7 Å². The van der Waals surface area contributed by atoms with E-state index in [1.54, 1.807) is 39.0 Å². The van der Waals surface area contributed by atoms with E-state index in [1.165, 1.54) is 18.2 Å². The number of hydrogen-bond acceptors (Lipinski definition) is 7. The molecular weight excluding hydrogens is 445 g/mol. The van der Waals surface area contributed by atoms with Crippen LogP contribution in [0.4, 0.5) is 0 Å². The third-order valence-electron chi connectivity index (χ3n) is 4.58. The average Bonchev–Trinajstić information content (AvgIpc) is 2.93. The van der Waals surface area contributed by atoms with Crippen molar-refractivity contribution in [2.45, 2.75) is 38.8 Å². The minimum Gasteiger partial charge on any atom is -0.469 e. The van der Waals surface area contributed by atoms with Crippen LogP contribution in [0.1, 0.15) is 49.2 Å². The van der Waals surface area contributed by atoms with Crippen LogP contribution in [0.3, 0.4) is 0 Å². The number of hydrogen-bond donors (Lipinski definition) is 0. The summed E-state index contributed by atoms with van der Waals surface area (Å²) in [6.45, 7) is 4.91. The van der Waals surface area contributed by atoms with Crippen LogP contribution >= 0.6 is 23.2 Å². The highest BCUT2D eigenvalue weighted by Gasteiger charge is 2.40. The molecule has 0 N–H and O–H groups in total. The maximum Gasteiger partial charge on any atom is 0.326 e. The second-order valence-electron chi connectivity index (χ2n) is 7.95. The Morgan fingerprint density at radius 2 is 1.90 bits per heavy atom. The molecule has 0 spiro atoms. The molecule has 10 heteroatoms. The third-order valence-corrected chi connectivity index (χ3v) is 5.03. The van der Waals surface area contributed by atoms with Crippen LogP contribution in [-0.4, -0.2) is 52.0 Å². The van der Waals surface area contributed by atoms with Gasteiger partial charge in [0.15, 0.2) is 0 Å². The molecule has 0 aliphatic carbocycles. The maximum atomic E-state index is 13.2. The Labute approximate surface area is 189 Å². The molecule has 8 nitrogen and oxygen atoms in total. The van der Waals surface area contributed by atoms with Crippen molar-refractivity contribution in [3.63, 3.8) is 0 Å². The van der Waals surface area contributed by atoms with Gasteiger partial charge >= 0.3 is 11.9 Å². The van der Waals surface area contributed by atoms with Gasteiger partial charge in [0.2, 0.25) is 5.28 Å². The summed E-state index contributed by atoms with van der Waals surface area (Å²) in [5, 5.41) is 0.285. The van der Waals surface area contributed by atoms with Crippen molar-refractivity contribution in [1.29, 1.82) is 0 Å². The first-order chi connectivity index (χ1) is 14.5. The molecule has 164 valence electrons. The summed E-state index contributed by atoms with van der Waals surface area (Å²) in [7, 11) is 1.27. The first-order valence-electron chi connectivity index (χ1n) is 9.42. The van der Waals surface area contributed by atoms with E-state index in [4.69, 9.17) is 32.7 Å². The number of methoxy groups -OCH3 is 1. The lowest BCUT2D eigenvalue weighted by atomic mass is 9.98. The fourth-order valence-corrected chi connectivity index (χ4v) is 3.68. The number of esters is 2. The molecule has 1 aliphatic heterocycles. The molecule has 0 radical (unpaired) electrons. The van der Waals surface area contributed by atoms with E-state index < -0.39 is 29.5 Å². The summed E-state index contributed by atoms with van der Waals surface area (Å²) in [5.74, 6) is -1.49. The molecule has 1 atom stereocenters.